The van der Waals surface area contributed by atoms with Crippen LogP contribution in [0.2, 0.25) is 0 Å². The predicted molar refractivity (Wildman–Crippen MR) is 133 cm³/mol. The topological polar surface area (TPSA) is 72.9 Å². The van der Waals surface area contributed by atoms with Crippen molar-refractivity contribution in [3.8, 4) is 0 Å². The van der Waals surface area contributed by atoms with Gasteiger partial charge in [-0.3, -0.25) is 9.69 Å². The SMILES string of the molecule is CC1CN(Cc2cccc(F)c2)CCN1c1ccc(NC(=O)c2ccc(F)cc2)cc1.O=C(O)C(F)(F)F. The van der Waals surface area contributed by atoms with Crippen molar-refractivity contribution in [2.75, 3.05) is 29.9 Å². The van der Waals surface area contributed by atoms with Crippen molar-refractivity contribution in [2.45, 2.75) is 25.7 Å². The molecule has 38 heavy (non-hydrogen) atoms. The van der Waals surface area contributed by atoms with Crippen LogP contribution in [0.15, 0.2) is 72.8 Å². The van der Waals surface area contributed by atoms with Gasteiger partial charge in [-0.2, -0.15) is 13.2 Å². The van der Waals surface area contributed by atoms with Crippen LogP contribution < -0.4 is 10.2 Å². The monoisotopic (exact) mass is 535 g/mol. The van der Waals surface area contributed by atoms with Gasteiger partial charge < -0.3 is 15.3 Å². The molecule has 0 spiro atoms. The number of carboxylic acids is 1. The number of benzene rings is 3. The molecule has 1 aliphatic rings. The van der Waals surface area contributed by atoms with Crippen LogP contribution in [0.1, 0.15) is 22.8 Å². The number of carbonyl (C=O) groups is 2. The molecule has 3 aromatic carbocycles. The molecule has 1 saturated heterocycles. The Morgan fingerprint density at radius 2 is 1.58 bits per heavy atom. The number of nitrogens with one attached hydrogen (secondary N) is 1. The molecule has 0 bridgehead atoms. The van der Waals surface area contributed by atoms with Crippen LogP contribution in [0.25, 0.3) is 0 Å². The summed E-state index contributed by atoms with van der Waals surface area (Å²) in [5.74, 6) is -3.60. The van der Waals surface area contributed by atoms with Gasteiger partial charge in [0.15, 0.2) is 0 Å². The Kier molecular flexibility index (Phi) is 9.40. The van der Waals surface area contributed by atoms with E-state index in [9.17, 15) is 26.7 Å². The average molecular weight is 536 g/mol. The zero-order valence-electron chi connectivity index (χ0n) is 20.4. The summed E-state index contributed by atoms with van der Waals surface area (Å²) in [5.41, 5.74) is 3.18. The van der Waals surface area contributed by atoms with Gasteiger partial charge in [0.05, 0.1) is 0 Å². The summed E-state index contributed by atoms with van der Waals surface area (Å²) in [6.45, 7) is 5.58. The summed E-state index contributed by atoms with van der Waals surface area (Å²) in [4.78, 5) is 25.9. The minimum atomic E-state index is -5.08. The van der Waals surface area contributed by atoms with Crippen LogP contribution in [0, 0.1) is 11.6 Å². The van der Waals surface area contributed by atoms with Gasteiger partial charge in [0.2, 0.25) is 0 Å². The zero-order chi connectivity index (χ0) is 27.9. The van der Waals surface area contributed by atoms with E-state index in [1.165, 1.54) is 30.3 Å². The third kappa shape index (κ3) is 8.27. The Morgan fingerprint density at radius 3 is 2.13 bits per heavy atom. The first-order chi connectivity index (χ1) is 17.9. The number of anilines is 2. The molecule has 0 aromatic heterocycles. The standard InChI is InChI=1S/C25H25F2N3O.C2HF3O2/c1-18-16-29(17-19-3-2-4-22(27)15-19)13-14-30(18)24-11-9-23(10-12-24)28-25(31)20-5-7-21(26)8-6-20;3-2(4,5)1(6)7/h2-12,15,18H,13-14,16-17H2,1H3,(H,28,31);(H,6,7). The lowest BCUT2D eigenvalue weighted by molar-refractivity contribution is -0.192. The predicted octanol–water partition coefficient (Wildman–Crippen LogP) is 5.56. The number of carbonyl (C=O) groups excluding carboxylic acids is 1. The fourth-order valence-corrected chi connectivity index (χ4v) is 3.99. The Bertz CT molecular complexity index is 1230. The van der Waals surface area contributed by atoms with Crippen molar-refractivity contribution in [3.63, 3.8) is 0 Å². The smallest absolute Gasteiger partial charge is 0.475 e. The van der Waals surface area contributed by atoms with Crippen LogP contribution >= 0.6 is 0 Å². The first-order valence-corrected chi connectivity index (χ1v) is 11.6. The van der Waals surface area contributed by atoms with E-state index in [4.69, 9.17) is 9.90 Å². The van der Waals surface area contributed by atoms with E-state index in [2.05, 4.69) is 22.0 Å². The van der Waals surface area contributed by atoms with Crippen molar-refractivity contribution < 1.29 is 36.6 Å². The molecule has 1 aliphatic heterocycles. The lowest BCUT2D eigenvalue weighted by Gasteiger charge is -2.41. The minimum Gasteiger partial charge on any atom is -0.475 e. The van der Waals surface area contributed by atoms with E-state index in [1.807, 2.05) is 30.3 Å². The summed E-state index contributed by atoms with van der Waals surface area (Å²) in [6.07, 6.45) is -5.08. The van der Waals surface area contributed by atoms with Gasteiger partial charge in [-0.25, -0.2) is 13.6 Å². The second-order valence-electron chi connectivity index (χ2n) is 8.72. The van der Waals surface area contributed by atoms with E-state index in [-0.39, 0.29) is 17.5 Å². The molecule has 2 N–H and O–H groups in total. The van der Waals surface area contributed by atoms with E-state index in [0.29, 0.717) is 17.3 Å². The third-order valence-electron chi connectivity index (χ3n) is 5.81. The van der Waals surface area contributed by atoms with Gasteiger partial charge in [-0.15, -0.1) is 0 Å². The summed E-state index contributed by atoms with van der Waals surface area (Å²) < 4.78 is 58.2. The van der Waals surface area contributed by atoms with Crippen molar-refractivity contribution in [1.82, 2.24) is 4.90 Å². The molecule has 6 nitrogen and oxygen atoms in total. The van der Waals surface area contributed by atoms with Crippen LogP contribution in [-0.2, 0) is 11.3 Å². The van der Waals surface area contributed by atoms with Crippen LogP contribution in [0.4, 0.5) is 33.3 Å². The van der Waals surface area contributed by atoms with Gasteiger partial charge >= 0.3 is 12.1 Å². The molecule has 11 heteroatoms. The minimum absolute atomic E-state index is 0.198. The second kappa shape index (κ2) is 12.5. The first kappa shape index (κ1) is 28.6. The summed E-state index contributed by atoms with van der Waals surface area (Å²) in [7, 11) is 0. The van der Waals surface area contributed by atoms with Crippen LogP contribution in [0.3, 0.4) is 0 Å². The van der Waals surface area contributed by atoms with E-state index in [0.717, 1.165) is 37.4 Å². The van der Waals surface area contributed by atoms with Gasteiger partial charge in [-0.05, 0) is 73.2 Å². The van der Waals surface area contributed by atoms with Crippen molar-refractivity contribution in [1.29, 1.82) is 0 Å². The Hall–Kier alpha value is -3.99. The number of rotatable bonds is 5. The molecule has 1 unspecified atom stereocenters. The number of hydrogen-bond donors (Lipinski definition) is 2. The number of carboxylic acid groups (broad SMARTS) is 1. The number of alkyl halides is 3. The molecular formula is C27H26F5N3O3. The second-order valence-corrected chi connectivity index (χ2v) is 8.72. The van der Waals surface area contributed by atoms with Crippen molar-refractivity contribution >= 4 is 23.3 Å². The molecule has 202 valence electrons. The maximum atomic E-state index is 13.4. The highest BCUT2D eigenvalue weighted by atomic mass is 19.4. The quantitative estimate of drug-likeness (QED) is 0.419. The maximum Gasteiger partial charge on any atom is 0.490 e. The zero-order valence-corrected chi connectivity index (χ0v) is 20.4. The van der Waals surface area contributed by atoms with E-state index in [1.54, 1.807) is 12.1 Å². The normalized spacial score (nSPS) is 15.8. The van der Waals surface area contributed by atoms with Gasteiger partial charge in [-0.1, -0.05) is 12.1 Å². The molecule has 0 saturated carbocycles. The number of piperazine rings is 1. The molecule has 1 heterocycles. The molecule has 0 radical (unpaired) electrons. The van der Waals surface area contributed by atoms with Crippen molar-refractivity contribution in [3.05, 3.63) is 95.6 Å². The highest BCUT2D eigenvalue weighted by Crippen LogP contribution is 2.24. The summed E-state index contributed by atoms with van der Waals surface area (Å²) in [6, 6.07) is 20.3. The van der Waals surface area contributed by atoms with E-state index < -0.39 is 12.1 Å². The van der Waals surface area contributed by atoms with Crippen molar-refractivity contribution in [2.24, 2.45) is 0 Å². The largest absolute Gasteiger partial charge is 0.490 e. The van der Waals surface area contributed by atoms with E-state index >= 15 is 0 Å². The van der Waals surface area contributed by atoms with Gasteiger partial charge in [0, 0.05) is 49.2 Å². The third-order valence-corrected chi connectivity index (χ3v) is 5.81. The highest BCUT2D eigenvalue weighted by Gasteiger charge is 2.38. The molecule has 4 rings (SSSR count). The fraction of sp³-hybridized carbons (Fsp3) is 0.259. The van der Waals surface area contributed by atoms with Crippen LogP contribution in [0.5, 0.6) is 0 Å². The Labute approximate surface area is 216 Å². The molecule has 1 atom stereocenters. The number of halogens is 5. The number of amides is 1. The van der Waals surface area contributed by atoms with Gasteiger partial charge in [0.1, 0.15) is 11.6 Å². The average Bonchev–Trinajstić information content (AvgIpc) is 2.85. The Balaban J connectivity index is 0.000000505. The van der Waals surface area contributed by atoms with Crippen LogP contribution in [-0.4, -0.2) is 53.7 Å². The molecule has 3 aromatic rings. The Morgan fingerprint density at radius 1 is 0.947 bits per heavy atom. The molecule has 1 fully saturated rings. The summed E-state index contributed by atoms with van der Waals surface area (Å²) in [5, 5.41) is 9.96. The lowest BCUT2D eigenvalue weighted by Crippen LogP contribution is -2.51. The maximum absolute atomic E-state index is 13.4. The number of nitrogens with zero attached hydrogens (tertiary/aromatic N) is 2. The number of aliphatic carboxylic acids is 1. The highest BCUT2D eigenvalue weighted by molar-refractivity contribution is 6.04. The first-order valence-electron chi connectivity index (χ1n) is 11.6. The summed E-state index contributed by atoms with van der Waals surface area (Å²) >= 11 is 0. The number of hydrogen-bond acceptors (Lipinski definition) is 4. The molecule has 0 aliphatic carbocycles. The molecular weight excluding hydrogens is 509 g/mol. The lowest BCUT2D eigenvalue weighted by atomic mass is 10.1. The molecule has 1 amide bonds. The fourth-order valence-electron chi connectivity index (χ4n) is 3.99. The van der Waals surface area contributed by atoms with Gasteiger partial charge in [0.25, 0.3) is 5.91 Å².